The van der Waals surface area contributed by atoms with Crippen LogP contribution in [-0.2, 0) is 4.79 Å². The summed E-state index contributed by atoms with van der Waals surface area (Å²) in [6.07, 6.45) is 0. The van der Waals surface area contributed by atoms with E-state index >= 15 is 0 Å². The molecule has 0 bridgehead atoms. The van der Waals surface area contributed by atoms with E-state index < -0.39 is 6.04 Å². The van der Waals surface area contributed by atoms with E-state index in [1.165, 1.54) is 0 Å². The van der Waals surface area contributed by atoms with Crippen molar-refractivity contribution in [1.82, 2.24) is 4.90 Å². The van der Waals surface area contributed by atoms with Crippen LogP contribution in [0, 0.1) is 5.92 Å². The molecular formula is C15H23Cl2N3O. The second-order valence-corrected chi connectivity index (χ2v) is 6.00. The molecule has 1 amide bonds. The number of nitrogens with two attached hydrogens (primary N) is 1. The minimum atomic E-state index is -0.396. The Kier molecular flexibility index (Phi) is 6.78. The molecule has 2 N–H and O–H groups in total. The third kappa shape index (κ3) is 4.50. The van der Waals surface area contributed by atoms with Crippen LogP contribution in [0.1, 0.15) is 13.8 Å². The van der Waals surface area contributed by atoms with Gasteiger partial charge < -0.3 is 15.5 Å². The zero-order valence-electron chi connectivity index (χ0n) is 12.5. The smallest absolute Gasteiger partial charge is 0.239 e. The van der Waals surface area contributed by atoms with Crippen LogP contribution in [-0.4, -0.2) is 43.0 Å². The first-order valence-electron chi connectivity index (χ1n) is 7.04. The molecule has 0 aromatic heterocycles. The Labute approximate surface area is 137 Å². The highest BCUT2D eigenvalue weighted by Crippen LogP contribution is 2.21. The van der Waals surface area contributed by atoms with Gasteiger partial charge in [-0.3, -0.25) is 4.79 Å². The van der Waals surface area contributed by atoms with E-state index in [9.17, 15) is 4.79 Å². The van der Waals surface area contributed by atoms with Gasteiger partial charge in [0.2, 0.25) is 5.91 Å². The highest BCUT2D eigenvalue weighted by Gasteiger charge is 2.26. The first-order chi connectivity index (χ1) is 9.49. The molecule has 1 aliphatic rings. The summed E-state index contributed by atoms with van der Waals surface area (Å²) in [6.45, 7) is 7.01. The molecule has 1 heterocycles. The Morgan fingerprint density at radius 1 is 1.24 bits per heavy atom. The van der Waals surface area contributed by atoms with Gasteiger partial charge in [0.1, 0.15) is 0 Å². The molecule has 0 unspecified atom stereocenters. The lowest BCUT2D eigenvalue weighted by Crippen LogP contribution is -2.54. The summed E-state index contributed by atoms with van der Waals surface area (Å²) in [5, 5.41) is 0.739. The Balaban J connectivity index is 0.00000220. The van der Waals surface area contributed by atoms with Gasteiger partial charge in [-0.05, 0) is 24.1 Å². The predicted molar refractivity (Wildman–Crippen MR) is 90.3 cm³/mol. The van der Waals surface area contributed by atoms with Crippen molar-refractivity contribution in [1.29, 1.82) is 0 Å². The highest BCUT2D eigenvalue weighted by molar-refractivity contribution is 6.30. The third-order valence-electron chi connectivity index (χ3n) is 3.77. The quantitative estimate of drug-likeness (QED) is 0.925. The predicted octanol–water partition coefficient (Wildman–Crippen LogP) is 2.39. The van der Waals surface area contributed by atoms with Crippen molar-refractivity contribution >= 4 is 35.6 Å². The van der Waals surface area contributed by atoms with Crippen LogP contribution >= 0.6 is 24.0 Å². The lowest BCUT2D eigenvalue weighted by Gasteiger charge is -2.37. The second kappa shape index (κ2) is 7.87. The number of nitrogens with zero attached hydrogens (tertiary/aromatic N) is 2. The number of carbonyl (C=O) groups is 1. The first kappa shape index (κ1) is 18.1. The molecule has 0 aliphatic carbocycles. The molecular weight excluding hydrogens is 309 g/mol. The van der Waals surface area contributed by atoms with Gasteiger partial charge in [-0.15, -0.1) is 12.4 Å². The van der Waals surface area contributed by atoms with Crippen molar-refractivity contribution in [3.8, 4) is 0 Å². The van der Waals surface area contributed by atoms with E-state index in [2.05, 4.69) is 4.90 Å². The third-order valence-corrected chi connectivity index (χ3v) is 4.00. The van der Waals surface area contributed by atoms with E-state index in [4.69, 9.17) is 17.3 Å². The highest BCUT2D eigenvalue weighted by atomic mass is 35.5. The molecule has 1 saturated heterocycles. The summed E-state index contributed by atoms with van der Waals surface area (Å²) in [5.41, 5.74) is 7.04. The Bertz CT molecular complexity index is 474. The van der Waals surface area contributed by atoms with Crippen LogP contribution in [0.25, 0.3) is 0 Å². The summed E-state index contributed by atoms with van der Waals surface area (Å²) >= 11 is 6.01. The van der Waals surface area contributed by atoms with Crippen molar-refractivity contribution in [3.05, 3.63) is 29.3 Å². The summed E-state index contributed by atoms with van der Waals surface area (Å²) in [5.74, 6) is 0.235. The van der Waals surface area contributed by atoms with Gasteiger partial charge in [-0.2, -0.15) is 0 Å². The lowest BCUT2D eigenvalue weighted by atomic mass is 10.0. The van der Waals surface area contributed by atoms with Crippen molar-refractivity contribution in [3.63, 3.8) is 0 Å². The van der Waals surface area contributed by atoms with Crippen LogP contribution in [0.2, 0.25) is 5.02 Å². The lowest BCUT2D eigenvalue weighted by molar-refractivity contribution is -0.133. The molecule has 0 saturated carbocycles. The molecule has 0 radical (unpaired) electrons. The minimum absolute atomic E-state index is 0. The standard InChI is InChI=1S/C15H22ClN3O.ClH/c1-11(2)14(17)15(20)19-8-6-18(7-9-19)13-5-3-4-12(16)10-13;/h3-5,10-11,14H,6-9,17H2,1-2H3;1H/t14-;/m1./s1. The second-order valence-electron chi connectivity index (χ2n) is 5.56. The molecule has 21 heavy (non-hydrogen) atoms. The van der Waals surface area contributed by atoms with E-state index in [0.717, 1.165) is 23.8 Å². The SMILES string of the molecule is CC(C)[C@@H](N)C(=O)N1CCN(c2cccc(Cl)c2)CC1.Cl. The summed E-state index contributed by atoms with van der Waals surface area (Å²) in [4.78, 5) is 16.3. The number of halogens is 2. The number of piperazine rings is 1. The number of carbonyl (C=O) groups excluding carboxylic acids is 1. The number of benzene rings is 1. The Morgan fingerprint density at radius 3 is 2.38 bits per heavy atom. The van der Waals surface area contributed by atoms with Crippen LogP contribution in [0.5, 0.6) is 0 Å². The average molecular weight is 332 g/mol. The van der Waals surface area contributed by atoms with Crippen LogP contribution in [0.15, 0.2) is 24.3 Å². The summed E-state index contributed by atoms with van der Waals surface area (Å²) in [7, 11) is 0. The topological polar surface area (TPSA) is 49.6 Å². The average Bonchev–Trinajstić information content (AvgIpc) is 2.46. The molecule has 118 valence electrons. The summed E-state index contributed by atoms with van der Waals surface area (Å²) < 4.78 is 0. The minimum Gasteiger partial charge on any atom is -0.368 e. The molecule has 2 rings (SSSR count). The maximum absolute atomic E-state index is 12.2. The number of rotatable bonds is 3. The van der Waals surface area contributed by atoms with Gasteiger partial charge in [0.05, 0.1) is 6.04 Å². The monoisotopic (exact) mass is 331 g/mol. The Morgan fingerprint density at radius 2 is 1.86 bits per heavy atom. The Hall–Kier alpha value is -0.970. The number of anilines is 1. The van der Waals surface area contributed by atoms with E-state index in [-0.39, 0.29) is 24.2 Å². The van der Waals surface area contributed by atoms with E-state index in [0.29, 0.717) is 13.1 Å². The van der Waals surface area contributed by atoms with Crippen molar-refractivity contribution < 1.29 is 4.79 Å². The fraction of sp³-hybridized carbons (Fsp3) is 0.533. The van der Waals surface area contributed by atoms with Gasteiger partial charge in [0.25, 0.3) is 0 Å². The molecule has 0 spiro atoms. The van der Waals surface area contributed by atoms with E-state index in [1.807, 2.05) is 43.0 Å². The van der Waals surface area contributed by atoms with E-state index in [1.54, 1.807) is 0 Å². The van der Waals surface area contributed by atoms with Gasteiger partial charge in [-0.1, -0.05) is 31.5 Å². The fourth-order valence-electron chi connectivity index (χ4n) is 2.35. The maximum atomic E-state index is 12.2. The molecule has 1 fully saturated rings. The molecule has 1 aliphatic heterocycles. The van der Waals surface area contributed by atoms with Gasteiger partial charge in [0, 0.05) is 36.9 Å². The molecule has 4 nitrogen and oxygen atoms in total. The number of hydrogen-bond acceptors (Lipinski definition) is 3. The first-order valence-corrected chi connectivity index (χ1v) is 7.41. The van der Waals surface area contributed by atoms with Crippen molar-refractivity contribution in [2.24, 2.45) is 11.7 Å². The van der Waals surface area contributed by atoms with Gasteiger partial charge >= 0.3 is 0 Å². The molecule has 6 heteroatoms. The fourth-order valence-corrected chi connectivity index (χ4v) is 2.54. The van der Waals surface area contributed by atoms with Crippen LogP contribution in [0.3, 0.4) is 0 Å². The normalized spacial score (nSPS) is 16.6. The number of hydrogen-bond donors (Lipinski definition) is 1. The van der Waals surface area contributed by atoms with Crippen LogP contribution < -0.4 is 10.6 Å². The molecule has 1 aromatic carbocycles. The van der Waals surface area contributed by atoms with Gasteiger partial charge in [-0.25, -0.2) is 0 Å². The largest absolute Gasteiger partial charge is 0.368 e. The number of amides is 1. The van der Waals surface area contributed by atoms with Crippen molar-refractivity contribution in [2.45, 2.75) is 19.9 Å². The summed E-state index contributed by atoms with van der Waals surface area (Å²) in [6, 6.07) is 7.42. The van der Waals surface area contributed by atoms with Crippen molar-refractivity contribution in [2.75, 3.05) is 31.1 Å². The zero-order chi connectivity index (χ0) is 14.7. The van der Waals surface area contributed by atoms with Gasteiger partial charge in [0.15, 0.2) is 0 Å². The molecule has 1 atom stereocenters. The zero-order valence-corrected chi connectivity index (χ0v) is 14.0. The maximum Gasteiger partial charge on any atom is 0.239 e. The van der Waals surface area contributed by atoms with Crippen LogP contribution in [0.4, 0.5) is 5.69 Å². The molecule has 1 aromatic rings.